The van der Waals surface area contributed by atoms with Crippen LogP contribution in [0.1, 0.15) is 11.3 Å². The van der Waals surface area contributed by atoms with Gasteiger partial charge in [-0.15, -0.1) is 33.7 Å². The third-order valence-electron chi connectivity index (χ3n) is 4.81. The van der Waals surface area contributed by atoms with Gasteiger partial charge in [0.25, 0.3) is 0 Å². The molecule has 1 N–H and O–H groups in total. The first-order valence-corrected chi connectivity index (χ1v) is 11.8. The van der Waals surface area contributed by atoms with Gasteiger partial charge in [-0.2, -0.15) is 5.21 Å². The molecule has 5 rings (SSSR count). The molecule has 2 aromatic heterocycles. The molecular weight excluding hydrogens is 422 g/mol. The second-order valence-corrected chi connectivity index (χ2v) is 9.08. The molecule has 0 radical (unpaired) electrons. The van der Waals surface area contributed by atoms with Crippen LogP contribution >= 0.6 is 23.5 Å². The van der Waals surface area contributed by atoms with Gasteiger partial charge in [-0.3, -0.25) is 4.98 Å². The largest absolute Gasteiger partial charge is 0.252 e. The third kappa shape index (κ3) is 4.95. The van der Waals surface area contributed by atoms with E-state index in [0.717, 1.165) is 28.3 Å². The molecule has 0 unspecified atom stereocenters. The number of nitrogens with one attached hydrogen (secondary N) is 1. The first-order valence-electron chi connectivity index (χ1n) is 9.87. The predicted molar refractivity (Wildman–Crippen MR) is 127 cm³/mol. The van der Waals surface area contributed by atoms with E-state index < -0.39 is 0 Å². The number of benzene rings is 3. The van der Waals surface area contributed by atoms with Crippen molar-refractivity contribution in [3.05, 3.63) is 96.2 Å². The van der Waals surface area contributed by atoms with E-state index in [2.05, 4.69) is 81.3 Å². The Bertz CT molecular complexity index is 1290. The van der Waals surface area contributed by atoms with Crippen molar-refractivity contribution in [1.82, 2.24) is 25.6 Å². The maximum atomic E-state index is 4.77. The van der Waals surface area contributed by atoms with Crippen molar-refractivity contribution in [2.75, 3.05) is 0 Å². The minimum atomic E-state index is 0.616. The van der Waals surface area contributed by atoms with Crippen molar-refractivity contribution in [1.29, 1.82) is 0 Å². The van der Waals surface area contributed by atoms with Gasteiger partial charge in [0.1, 0.15) is 0 Å². The molecule has 0 amide bonds. The fourth-order valence-electron chi connectivity index (χ4n) is 3.20. The summed E-state index contributed by atoms with van der Waals surface area (Å²) in [5.41, 5.74) is 4.37. The van der Waals surface area contributed by atoms with Crippen molar-refractivity contribution in [3.8, 4) is 11.4 Å². The van der Waals surface area contributed by atoms with Crippen LogP contribution < -0.4 is 0 Å². The van der Waals surface area contributed by atoms with Crippen LogP contribution in [0.5, 0.6) is 0 Å². The number of nitrogens with zero attached hydrogens (tertiary/aromatic N) is 4. The Morgan fingerprint density at radius 2 is 1.55 bits per heavy atom. The summed E-state index contributed by atoms with van der Waals surface area (Å²) in [6.07, 6.45) is 0. The molecule has 0 aliphatic rings. The van der Waals surface area contributed by atoms with Crippen molar-refractivity contribution in [2.24, 2.45) is 0 Å². The second-order valence-electron chi connectivity index (χ2n) is 6.98. The molecule has 152 valence electrons. The number of para-hydroxylation sites is 1. The van der Waals surface area contributed by atoms with Gasteiger partial charge in [0, 0.05) is 32.2 Å². The molecule has 0 atom stereocenters. The Morgan fingerprint density at radius 3 is 2.35 bits per heavy atom. The highest BCUT2D eigenvalue weighted by atomic mass is 32.2. The van der Waals surface area contributed by atoms with Gasteiger partial charge >= 0.3 is 0 Å². The maximum Gasteiger partial charge on any atom is 0.204 e. The van der Waals surface area contributed by atoms with Crippen molar-refractivity contribution >= 4 is 34.4 Å². The zero-order chi connectivity index (χ0) is 20.9. The first-order chi connectivity index (χ1) is 15.3. The summed E-state index contributed by atoms with van der Waals surface area (Å²) in [7, 11) is 0. The smallest absolute Gasteiger partial charge is 0.204 e. The fourth-order valence-corrected chi connectivity index (χ4v) is 5.05. The zero-order valence-corrected chi connectivity index (χ0v) is 18.2. The average Bonchev–Trinajstić information content (AvgIpc) is 3.37. The Kier molecular flexibility index (Phi) is 5.95. The molecule has 0 saturated heterocycles. The Morgan fingerprint density at radius 1 is 0.742 bits per heavy atom. The van der Waals surface area contributed by atoms with Crippen LogP contribution in [0.4, 0.5) is 0 Å². The van der Waals surface area contributed by atoms with Gasteiger partial charge in [-0.25, -0.2) is 0 Å². The molecule has 5 aromatic rings. The Hall–Kier alpha value is -3.16. The van der Waals surface area contributed by atoms with E-state index in [1.165, 1.54) is 20.7 Å². The molecular formula is C24H19N5S2. The lowest BCUT2D eigenvalue weighted by Gasteiger charge is -2.07. The SMILES string of the molecule is c1cc(SCc2ccc(-c3nn[nH]n3)cc2)cc(SCc2ccc3ccccc3n2)c1. The molecule has 2 heterocycles. The Balaban J connectivity index is 1.19. The van der Waals surface area contributed by atoms with Crippen LogP contribution in [0.3, 0.4) is 0 Å². The summed E-state index contributed by atoms with van der Waals surface area (Å²) >= 11 is 3.66. The van der Waals surface area contributed by atoms with E-state index in [-0.39, 0.29) is 0 Å². The highest BCUT2D eigenvalue weighted by Gasteiger charge is 2.04. The lowest BCUT2D eigenvalue weighted by Crippen LogP contribution is -1.88. The number of H-pyrrole nitrogens is 1. The minimum absolute atomic E-state index is 0.616. The summed E-state index contributed by atoms with van der Waals surface area (Å²) in [5.74, 6) is 2.38. The van der Waals surface area contributed by atoms with Gasteiger partial charge in [0.2, 0.25) is 5.82 Å². The standard InChI is InChI=1S/C24H19N5S2/c1-2-7-23-18(4-1)12-13-20(25-23)16-31-22-6-3-5-21(14-22)30-15-17-8-10-19(11-9-17)24-26-28-29-27-24/h1-14H,15-16H2,(H,26,27,28,29). The van der Waals surface area contributed by atoms with Crippen molar-refractivity contribution < 1.29 is 0 Å². The van der Waals surface area contributed by atoms with E-state index >= 15 is 0 Å². The lowest BCUT2D eigenvalue weighted by atomic mass is 10.1. The molecule has 31 heavy (non-hydrogen) atoms. The summed E-state index contributed by atoms with van der Waals surface area (Å²) in [4.78, 5) is 7.29. The van der Waals surface area contributed by atoms with E-state index in [1.807, 2.05) is 47.8 Å². The first kappa shape index (κ1) is 19.8. The molecule has 0 aliphatic heterocycles. The van der Waals surface area contributed by atoms with Crippen LogP contribution in [0.2, 0.25) is 0 Å². The normalized spacial score (nSPS) is 11.1. The molecule has 0 aliphatic carbocycles. The number of aromatic amines is 1. The van der Waals surface area contributed by atoms with E-state index in [0.29, 0.717) is 5.82 Å². The molecule has 0 spiro atoms. The van der Waals surface area contributed by atoms with Crippen LogP contribution in [0.15, 0.2) is 94.7 Å². The number of thioether (sulfide) groups is 2. The number of aromatic nitrogens is 5. The maximum absolute atomic E-state index is 4.77. The minimum Gasteiger partial charge on any atom is -0.252 e. The van der Waals surface area contributed by atoms with E-state index in [1.54, 1.807) is 0 Å². The van der Waals surface area contributed by atoms with Gasteiger partial charge in [-0.05, 0) is 41.1 Å². The molecule has 0 fully saturated rings. The van der Waals surface area contributed by atoms with Crippen molar-refractivity contribution in [2.45, 2.75) is 21.3 Å². The van der Waals surface area contributed by atoms with Gasteiger partial charge < -0.3 is 0 Å². The highest BCUT2D eigenvalue weighted by Crippen LogP contribution is 2.29. The number of rotatable bonds is 7. The number of pyridine rings is 1. The van der Waals surface area contributed by atoms with E-state index in [4.69, 9.17) is 4.98 Å². The van der Waals surface area contributed by atoms with Crippen LogP contribution in [0, 0.1) is 0 Å². The summed E-state index contributed by atoms with van der Waals surface area (Å²) in [6, 6.07) is 29.5. The average molecular weight is 442 g/mol. The third-order valence-corrected chi connectivity index (χ3v) is 6.90. The van der Waals surface area contributed by atoms with Gasteiger partial charge in [0.15, 0.2) is 0 Å². The summed E-state index contributed by atoms with van der Waals surface area (Å²) < 4.78 is 0. The Labute approximate surface area is 188 Å². The molecule has 0 bridgehead atoms. The highest BCUT2D eigenvalue weighted by molar-refractivity contribution is 7.99. The lowest BCUT2D eigenvalue weighted by molar-refractivity contribution is 0.881. The number of hydrogen-bond acceptors (Lipinski definition) is 6. The predicted octanol–water partition coefficient (Wildman–Crippen LogP) is 6.00. The number of hydrogen-bond donors (Lipinski definition) is 1. The fraction of sp³-hybridized carbons (Fsp3) is 0.0833. The summed E-state index contributed by atoms with van der Waals surface area (Å²) in [6.45, 7) is 0. The van der Waals surface area contributed by atoms with Gasteiger partial charge in [0.05, 0.1) is 11.2 Å². The zero-order valence-electron chi connectivity index (χ0n) is 16.6. The van der Waals surface area contributed by atoms with Crippen LogP contribution in [0.25, 0.3) is 22.3 Å². The number of fused-ring (bicyclic) bond motifs is 1. The monoisotopic (exact) mass is 441 g/mol. The molecule has 7 heteroatoms. The second kappa shape index (κ2) is 9.32. The van der Waals surface area contributed by atoms with Crippen LogP contribution in [-0.2, 0) is 11.5 Å². The van der Waals surface area contributed by atoms with E-state index in [9.17, 15) is 0 Å². The molecule has 0 saturated carbocycles. The molecule has 3 aromatic carbocycles. The van der Waals surface area contributed by atoms with Crippen LogP contribution in [-0.4, -0.2) is 25.6 Å². The molecule has 5 nitrogen and oxygen atoms in total. The quantitative estimate of drug-likeness (QED) is 0.313. The number of tetrazole rings is 1. The van der Waals surface area contributed by atoms with Gasteiger partial charge in [-0.1, -0.05) is 54.6 Å². The summed E-state index contributed by atoms with van der Waals surface area (Å²) in [5, 5.41) is 15.3. The van der Waals surface area contributed by atoms with Crippen molar-refractivity contribution in [3.63, 3.8) is 0 Å². The topological polar surface area (TPSA) is 67.3 Å².